The zero-order chi connectivity index (χ0) is 16.3. The zero-order valence-electron chi connectivity index (χ0n) is 12.2. The number of hydrogen-bond donors (Lipinski definition) is 1. The Morgan fingerprint density at radius 3 is 2.50 bits per heavy atom. The van der Waals surface area contributed by atoms with Crippen LogP contribution >= 0.6 is 0 Å². The number of hydrogen-bond acceptors (Lipinski definition) is 5. The number of benzene rings is 2. The average molecular weight is 320 g/mol. The van der Waals surface area contributed by atoms with Gasteiger partial charge in [0.05, 0.1) is 9.82 Å². The fourth-order valence-corrected chi connectivity index (χ4v) is 2.66. The van der Waals surface area contributed by atoms with E-state index in [1.165, 1.54) is 12.1 Å². The van der Waals surface area contributed by atoms with Crippen LogP contribution in [0.25, 0.3) is 0 Å². The highest BCUT2D eigenvalue weighted by molar-refractivity contribution is 7.90. The SMILES string of the molecule is CCc1cccc(Nc2ccc(S(C)(=O)=O)cc2[N+](=O)[O-])c1. The number of nitrogens with one attached hydrogen (secondary N) is 1. The van der Waals surface area contributed by atoms with Crippen LogP contribution in [-0.2, 0) is 16.3 Å². The second-order valence-electron chi connectivity index (χ2n) is 4.89. The smallest absolute Gasteiger partial charge is 0.293 e. The number of nitro groups is 1. The highest BCUT2D eigenvalue weighted by Crippen LogP contribution is 2.30. The highest BCUT2D eigenvalue weighted by Gasteiger charge is 2.18. The molecule has 0 saturated heterocycles. The second-order valence-corrected chi connectivity index (χ2v) is 6.90. The lowest BCUT2D eigenvalue weighted by Crippen LogP contribution is -2.02. The molecule has 0 atom stereocenters. The van der Waals surface area contributed by atoms with Crippen LogP contribution in [0.3, 0.4) is 0 Å². The lowest BCUT2D eigenvalue weighted by molar-refractivity contribution is -0.384. The van der Waals surface area contributed by atoms with Crippen LogP contribution in [0.15, 0.2) is 47.4 Å². The standard InChI is InChI=1S/C15H16N2O4S/c1-3-11-5-4-6-12(9-11)16-14-8-7-13(22(2,20)21)10-15(14)17(18)19/h4-10,16H,3H2,1-2H3. The van der Waals surface area contributed by atoms with E-state index in [0.29, 0.717) is 0 Å². The van der Waals surface area contributed by atoms with Gasteiger partial charge in [0.2, 0.25) is 0 Å². The van der Waals surface area contributed by atoms with Gasteiger partial charge in [-0.25, -0.2) is 8.42 Å². The Morgan fingerprint density at radius 1 is 1.18 bits per heavy atom. The summed E-state index contributed by atoms with van der Waals surface area (Å²) >= 11 is 0. The maximum absolute atomic E-state index is 11.5. The summed E-state index contributed by atoms with van der Waals surface area (Å²) in [7, 11) is -3.49. The van der Waals surface area contributed by atoms with E-state index >= 15 is 0 Å². The first-order chi connectivity index (χ1) is 10.3. The molecule has 22 heavy (non-hydrogen) atoms. The van der Waals surface area contributed by atoms with Crippen molar-refractivity contribution in [3.05, 3.63) is 58.1 Å². The molecule has 0 aliphatic heterocycles. The Morgan fingerprint density at radius 2 is 1.91 bits per heavy atom. The van der Waals surface area contributed by atoms with Gasteiger partial charge in [-0.3, -0.25) is 10.1 Å². The summed E-state index contributed by atoms with van der Waals surface area (Å²) < 4.78 is 23.0. The van der Waals surface area contributed by atoms with E-state index < -0.39 is 14.8 Å². The van der Waals surface area contributed by atoms with E-state index in [0.717, 1.165) is 30.0 Å². The van der Waals surface area contributed by atoms with Crippen molar-refractivity contribution in [2.75, 3.05) is 11.6 Å². The Kier molecular flexibility index (Phi) is 4.46. The van der Waals surface area contributed by atoms with Gasteiger partial charge in [0, 0.05) is 18.0 Å². The molecule has 0 fully saturated rings. The van der Waals surface area contributed by atoms with Gasteiger partial charge >= 0.3 is 0 Å². The lowest BCUT2D eigenvalue weighted by atomic mass is 10.1. The molecule has 0 aliphatic rings. The number of aryl methyl sites for hydroxylation is 1. The topological polar surface area (TPSA) is 89.3 Å². The van der Waals surface area contributed by atoms with E-state index in [1.807, 2.05) is 25.1 Å². The summed E-state index contributed by atoms with van der Waals surface area (Å²) in [5.41, 5.74) is 1.80. The molecule has 0 radical (unpaired) electrons. The van der Waals surface area contributed by atoms with Gasteiger partial charge in [0.15, 0.2) is 9.84 Å². The molecule has 0 saturated carbocycles. The van der Waals surface area contributed by atoms with Crippen molar-refractivity contribution >= 4 is 26.9 Å². The van der Waals surface area contributed by atoms with Gasteiger partial charge in [0.1, 0.15) is 5.69 Å². The molecule has 0 amide bonds. The van der Waals surface area contributed by atoms with Crippen molar-refractivity contribution in [2.45, 2.75) is 18.2 Å². The van der Waals surface area contributed by atoms with Gasteiger partial charge in [-0.2, -0.15) is 0 Å². The highest BCUT2D eigenvalue weighted by atomic mass is 32.2. The van der Waals surface area contributed by atoms with Gasteiger partial charge in [-0.05, 0) is 36.2 Å². The van der Waals surface area contributed by atoms with Crippen molar-refractivity contribution in [1.29, 1.82) is 0 Å². The van der Waals surface area contributed by atoms with Gasteiger partial charge in [-0.1, -0.05) is 19.1 Å². The molecule has 2 aromatic carbocycles. The van der Waals surface area contributed by atoms with E-state index in [1.54, 1.807) is 6.07 Å². The second kappa shape index (κ2) is 6.15. The number of nitrogens with zero attached hydrogens (tertiary/aromatic N) is 1. The Hall–Kier alpha value is -2.41. The van der Waals surface area contributed by atoms with Crippen molar-refractivity contribution in [2.24, 2.45) is 0 Å². The van der Waals surface area contributed by atoms with Gasteiger partial charge < -0.3 is 5.32 Å². The molecule has 1 N–H and O–H groups in total. The van der Waals surface area contributed by atoms with Crippen LogP contribution in [0.1, 0.15) is 12.5 Å². The minimum Gasteiger partial charge on any atom is -0.350 e. The zero-order valence-corrected chi connectivity index (χ0v) is 13.1. The molecule has 7 heteroatoms. The van der Waals surface area contributed by atoms with Crippen molar-refractivity contribution in [3.63, 3.8) is 0 Å². The molecule has 6 nitrogen and oxygen atoms in total. The predicted molar refractivity (Wildman–Crippen MR) is 85.3 cm³/mol. The molecule has 0 aliphatic carbocycles. The first-order valence-electron chi connectivity index (χ1n) is 6.65. The summed E-state index contributed by atoms with van der Waals surface area (Å²) in [6, 6.07) is 11.4. The fraction of sp³-hybridized carbons (Fsp3) is 0.200. The first kappa shape index (κ1) is 16.0. The summed E-state index contributed by atoms with van der Waals surface area (Å²) in [6.07, 6.45) is 1.87. The predicted octanol–water partition coefficient (Wildman–Crippen LogP) is 3.30. The monoisotopic (exact) mass is 320 g/mol. The van der Waals surface area contributed by atoms with Crippen LogP contribution in [0.4, 0.5) is 17.1 Å². The summed E-state index contributed by atoms with van der Waals surface area (Å²) in [5.74, 6) is 0. The van der Waals surface area contributed by atoms with Crippen molar-refractivity contribution < 1.29 is 13.3 Å². The molecule has 0 heterocycles. The van der Waals surface area contributed by atoms with Crippen molar-refractivity contribution in [3.8, 4) is 0 Å². The quantitative estimate of drug-likeness (QED) is 0.674. The first-order valence-corrected chi connectivity index (χ1v) is 8.55. The third-order valence-corrected chi connectivity index (χ3v) is 4.32. The van der Waals surface area contributed by atoms with Crippen LogP contribution < -0.4 is 5.32 Å². The number of anilines is 2. The molecule has 116 valence electrons. The van der Waals surface area contributed by atoms with Crippen LogP contribution in [0, 0.1) is 10.1 Å². The average Bonchev–Trinajstić information content (AvgIpc) is 2.46. The minimum absolute atomic E-state index is 0.0768. The molecule has 0 aromatic heterocycles. The maximum atomic E-state index is 11.5. The molecular formula is C15H16N2O4S. The Balaban J connectivity index is 2.44. The lowest BCUT2D eigenvalue weighted by Gasteiger charge is -2.09. The van der Waals surface area contributed by atoms with E-state index in [2.05, 4.69) is 5.32 Å². The largest absolute Gasteiger partial charge is 0.350 e. The molecule has 0 unspecified atom stereocenters. The summed E-state index contributed by atoms with van der Waals surface area (Å²) in [4.78, 5) is 10.5. The molecule has 0 spiro atoms. The van der Waals surface area contributed by atoms with E-state index in [9.17, 15) is 18.5 Å². The van der Waals surface area contributed by atoms with Crippen LogP contribution in [-0.4, -0.2) is 19.6 Å². The molecule has 2 aromatic rings. The Bertz CT molecular complexity index is 816. The number of rotatable bonds is 5. The summed E-state index contributed by atoms with van der Waals surface area (Å²) in [5, 5.41) is 14.2. The molecule has 2 rings (SSSR count). The third-order valence-electron chi connectivity index (χ3n) is 3.21. The number of nitro benzene ring substituents is 1. The Labute approximate surface area is 128 Å². The fourth-order valence-electron chi connectivity index (χ4n) is 2.02. The third kappa shape index (κ3) is 3.62. The normalized spacial score (nSPS) is 11.2. The molecular weight excluding hydrogens is 304 g/mol. The van der Waals surface area contributed by atoms with Crippen molar-refractivity contribution in [1.82, 2.24) is 0 Å². The number of sulfone groups is 1. The van der Waals surface area contributed by atoms with Gasteiger partial charge in [0.25, 0.3) is 5.69 Å². The summed E-state index contributed by atoms with van der Waals surface area (Å²) in [6.45, 7) is 2.02. The molecule has 0 bridgehead atoms. The van der Waals surface area contributed by atoms with E-state index in [-0.39, 0.29) is 16.3 Å². The minimum atomic E-state index is -3.49. The van der Waals surface area contributed by atoms with E-state index in [4.69, 9.17) is 0 Å². The van der Waals surface area contributed by atoms with Gasteiger partial charge in [-0.15, -0.1) is 0 Å². The maximum Gasteiger partial charge on any atom is 0.293 e. The van der Waals surface area contributed by atoms with Crippen LogP contribution in [0.2, 0.25) is 0 Å². The van der Waals surface area contributed by atoms with Crippen LogP contribution in [0.5, 0.6) is 0 Å².